The summed E-state index contributed by atoms with van der Waals surface area (Å²) in [4.78, 5) is 2.20. The van der Waals surface area contributed by atoms with Crippen molar-refractivity contribution in [2.75, 3.05) is 25.1 Å². The van der Waals surface area contributed by atoms with Gasteiger partial charge in [0.25, 0.3) is 0 Å². The van der Waals surface area contributed by atoms with Gasteiger partial charge in [-0.1, -0.05) is 34.9 Å². The Morgan fingerprint density at radius 2 is 1.89 bits per heavy atom. The van der Waals surface area contributed by atoms with E-state index < -0.39 is 11.9 Å². The molecule has 3 rings (SSSR count). The Labute approximate surface area is 171 Å². The highest BCUT2D eigenvalue weighted by Gasteiger charge is 2.38. The van der Waals surface area contributed by atoms with Gasteiger partial charge in [0.1, 0.15) is 11.4 Å². The summed E-state index contributed by atoms with van der Waals surface area (Å²) in [5.74, 6) is 0.617. The predicted octanol–water partition coefficient (Wildman–Crippen LogP) is 5.75. The zero-order valence-corrected chi connectivity index (χ0v) is 17.0. The molecule has 2 heterocycles. The number of hydrogen-bond donors (Lipinski definition) is 0. The predicted molar refractivity (Wildman–Crippen MR) is 105 cm³/mol. The molecule has 0 saturated carbocycles. The molecule has 0 unspecified atom stereocenters. The normalized spacial score (nSPS) is 15.1. The number of ether oxygens (including phenoxy) is 1. The van der Waals surface area contributed by atoms with Gasteiger partial charge in [0.05, 0.1) is 18.7 Å². The number of halogens is 5. The summed E-state index contributed by atoms with van der Waals surface area (Å²) in [6, 6.07) is 5.62. The van der Waals surface area contributed by atoms with Gasteiger partial charge in [0.15, 0.2) is 5.15 Å². The minimum Gasteiger partial charge on any atom is -0.495 e. The van der Waals surface area contributed by atoms with Gasteiger partial charge in [-0.2, -0.15) is 18.3 Å². The number of methoxy groups -OCH3 is 1. The van der Waals surface area contributed by atoms with Gasteiger partial charge < -0.3 is 9.64 Å². The molecule has 28 heavy (non-hydrogen) atoms. The summed E-state index contributed by atoms with van der Waals surface area (Å²) in [5.41, 5.74) is 1.28. The number of piperidine rings is 1. The molecule has 1 aromatic carbocycles. The molecule has 1 fully saturated rings. The Morgan fingerprint density at radius 1 is 1.21 bits per heavy atom. The van der Waals surface area contributed by atoms with Gasteiger partial charge in [-0.25, -0.2) is 0 Å². The molecule has 0 radical (unpaired) electrons. The third-order valence-electron chi connectivity index (χ3n) is 4.86. The van der Waals surface area contributed by atoms with Gasteiger partial charge >= 0.3 is 6.18 Å². The first-order chi connectivity index (χ1) is 13.2. The number of alkyl halides is 3. The Hall–Kier alpha value is -1.86. The number of allylic oxidation sites excluding steroid dienone is 1. The van der Waals surface area contributed by atoms with E-state index in [1.165, 1.54) is 6.92 Å². The number of benzene rings is 1. The molecular weight excluding hydrogens is 414 g/mol. The Balaban J connectivity index is 1.68. The van der Waals surface area contributed by atoms with Crippen LogP contribution in [0, 0.1) is 6.92 Å². The lowest BCUT2D eigenvalue weighted by molar-refractivity contribution is -0.144. The second-order valence-corrected chi connectivity index (χ2v) is 7.38. The molecule has 4 nitrogen and oxygen atoms in total. The van der Waals surface area contributed by atoms with E-state index in [2.05, 4.69) is 10.00 Å². The molecule has 0 N–H and O–H groups in total. The van der Waals surface area contributed by atoms with Gasteiger partial charge in [-0.15, -0.1) is 0 Å². The van der Waals surface area contributed by atoms with Crippen molar-refractivity contribution in [3.63, 3.8) is 0 Å². The van der Waals surface area contributed by atoms with Crippen molar-refractivity contribution in [3.05, 3.63) is 51.3 Å². The largest absolute Gasteiger partial charge is 0.495 e. The Bertz CT molecular complexity index is 883. The van der Waals surface area contributed by atoms with E-state index in [9.17, 15) is 13.2 Å². The van der Waals surface area contributed by atoms with E-state index in [1.54, 1.807) is 13.2 Å². The smallest absolute Gasteiger partial charge is 0.433 e. The highest BCUT2D eigenvalue weighted by molar-refractivity contribution is 6.32. The third-order valence-corrected chi connectivity index (χ3v) is 5.53. The monoisotopic (exact) mass is 433 g/mol. The maximum absolute atomic E-state index is 13.3. The van der Waals surface area contributed by atoms with Crippen molar-refractivity contribution in [1.29, 1.82) is 0 Å². The second-order valence-electron chi connectivity index (χ2n) is 6.61. The zero-order valence-electron chi connectivity index (χ0n) is 15.5. The first kappa shape index (κ1) is 20.9. The molecule has 0 aliphatic carbocycles. The Morgan fingerprint density at radius 3 is 2.50 bits per heavy atom. The topological polar surface area (TPSA) is 30.3 Å². The minimum absolute atomic E-state index is 0.0425. The number of nitrogens with zero attached hydrogens (tertiary/aromatic N) is 3. The van der Waals surface area contributed by atoms with Crippen LogP contribution in [0.3, 0.4) is 0 Å². The van der Waals surface area contributed by atoms with E-state index in [0.29, 0.717) is 10.8 Å². The van der Waals surface area contributed by atoms with E-state index in [1.807, 2.05) is 18.2 Å². The van der Waals surface area contributed by atoms with Gasteiger partial charge in [0.2, 0.25) is 0 Å². The number of rotatable bonds is 4. The lowest BCUT2D eigenvalue weighted by Gasteiger charge is -2.31. The molecule has 0 bridgehead atoms. The molecule has 1 aliphatic heterocycles. The molecule has 0 amide bonds. The van der Waals surface area contributed by atoms with Gasteiger partial charge in [0, 0.05) is 30.4 Å². The maximum Gasteiger partial charge on any atom is 0.433 e. The quantitative estimate of drug-likeness (QED) is 0.574. The first-order valence-corrected chi connectivity index (χ1v) is 9.52. The number of hydrogen-bond acceptors (Lipinski definition) is 3. The third kappa shape index (κ3) is 4.41. The minimum atomic E-state index is -4.49. The number of aromatic nitrogens is 2. The van der Waals surface area contributed by atoms with Crippen molar-refractivity contribution in [1.82, 2.24) is 9.78 Å². The van der Waals surface area contributed by atoms with E-state index in [0.717, 1.165) is 41.9 Å². The fraction of sp³-hybridized carbons (Fsp3) is 0.421. The summed E-state index contributed by atoms with van der Waals surface area (Å²) in [5, 5.41) is 4.27. The van der Waals surface area contributed by atoms with Crippen LogP contribution in [-0.4, -0.2) is 30.0 Å². The fourth-order valence-electron chi connectivity index (χ4n) is 3.33. The van der Waals surface area contributed by atoms with E-state index in [-0.39, 0.29) is 17.3 Å². The first-order valence-electron chi connectivity index (χ1n) is 8.77. The average molecular weight is 434 g/mol. The fourth-order valence-corrected chi connectivity index (χ4v) is 3.71. The molecule has 1 aromatic heterocycles. The summed E-state index contributed by atoms with van der Waals surface area (Å²) in [6.07, 6.45) is -1.14. The molecular formula is C19H20Cl2F3N3O. The lowest BCUT2D eigenvalue weighted by atomic mass is 10.0. The van der Waals surface area contributed by atoms with Crippen LogP contribution in [0.4, 0.5) is 18.9 Å². The molecule has 2 aromatic rings. The number of anilines is 1. The van der Waals surface area contributed by atoms with Crippen LogP contribution in [0.15, 0.2) is 29.8 Å². The van der Waals surface area contributed by atoms with Crippen LogP contribution in [0.1, 0.15) is 24.1 Å². The SMILES string of the molecule is COc1cc(N2CCC(=CCn3nc(Cl)c(C)c3C(F)(F)F)CC2)ccc1Cl. The van der Waals surface area contributed by atoms with E-state index >= 15 is 0 Å². The van der Waals surface area contributed by atoms with Crippen LogP contribution in [0.5, 0.6) is 5.75 Å². The van der Waals surface area contributed by atoms with Crippen LogP contribution in [0.25, 0.3) is 0 Å². The molecule has 0 atom stereocenters. The summed E-state index contributed by atoms with van der Waals surface area (Å²) < 4.78 is 45.9. The molecule has 0 spiro atoms. The standard InChI is InChI=1S/C19H20Cl2F3N3O/c1-12-17(19(22,23)24)27(25-18(12)21)10-7-13-5-8-26(9-6-13)14-3-4-15(20)16(11-14)28-2/h3-4,7,11H,5-6,8-10H2,1-2H3. The second kappa shape index (κ2) is 8.25. The van der Waals surface area contributed by atoms with Crippen LogP contribution in [-0.2, 0) is 12.7 Å². The lowest BCUT2D eigenvalue weighted by Crippen LogP contribution is -2.30. The molecule has 1 aliphatic rings. The van der Waals surface area contributed by atoms with Crippen LogP contribution in [0.2, 0.25) is 10.2 Å². The summed E-state index contributed by atoms with van der Waals surface area (Å²) >= 11 is 11.9. The maximum atomic E-state index is 13.3. The van der Waals surface area contributed by atoms with Crippen molar-refractivity contribution in [2.24, 2.45) is 0 Å². The van der Waals surface area contributed by atoms with Crippen molar-refractivity contribution in [2.45, 2.75) is 32.5 Å². The molecule has 9 heteroatoms. The van der Waals surface area contributed by atoms with Crippen LogP contribution < -0.4 is 9.64 Å². The highest BCUT2D eigenvalue weighted by atomic mass is 35.5. The Kier molecular flexibility index (Phi) is 6.15. The zero-order chi connectivity index (χ0) is 20.5. The van der Waals surface area contributed by atoms with Crippen LogP contribution >= 0.6 is 23.2 Å². The summed E-state index contributed by atoms with van der Waals surface area (Å²) in [6.45, 7) is 2.91. The highest BCUT2D eigenvalue weighted by Crippen LogP contribution is 2.35. The van der Waals surface area contributed by atoms with Gasteiger partial charge in [-0.3, -0.25) is 4.68 Å². The van der Waals surface area contributed by atoms with Crippen molar-refractivity contribution in [3.8, 4) is 5.75 Å². The summed E-state index contributed by atoms with van der Waals surface area (Å²) in [7, 11) is 1.57. The van der Waals surface area contributed by atoms with Crippen molar-refractivity contribution >= 4 is 28.9 Å². The van der Waals surface area contributed by atoms with E-state index in [4.69, 9.17) is 27.9 Å². The molecule has 152 valence electrons. The van der Waals surface area contributed by atoms with Crippen molar-refractivity contribution < 1.29 is 17.9 Å². The molecule has 1 saturated heterocycles. The average Bonchev–Trinajstić information content (AvgIpc) is 2.95. The van der Waals surface area contributed by atoms with Gasteiger partial charge in [-0.05, 0) is 31.9 Å².